The van der Waals surface area contributed by atoms with Crippen molar-refractivity contribution < 1.29 is 14.3 Å². The number of benzene rings is 3. The van der Waals surface area contributed by atoms with Gasteiger partial charge in [-0.15, -0.1) is 0 Å². The summed E-state index contributed by atoms with van der Waals surface area (Å²) in [5, 5.41) is 3.57. The van der Waals surface area contributed by atoms with Gasteiger partial charge in [-0.05, 0) is 79.1 Å². The molecule has 32 heavy (non-hydrogen) atoms. The van der Waals surface area contributed by atoms with Crippen molar-refractivity contribution in [3.05, 3.63) is 82.9 Å². The number of halogens is 1. The summed E-state index contributed by atoms with van der Waals surface area (Å²) >= 11 is 5.94. The van der Waals surface area contributed by atoms with Gasteiger partial charge in [0, 0.05) is 23.3 Å². The lowest BCUT2D eigenvalue weighted by atomic mass is 10.2. The summed E-state index contributed by atoms with van der Waals surface area (Å²) in [4.78, 5) is 16.2. The first kappa shape index (κ1) is 23.4. The first-order valence-electron chi connectivity index (χ1n) is 10.7. The maximum absolute atomic E-state index is 11.7. The Kier molecular flexibility index (Phi) is 8.70. The van der Waals surface area contributed by atoms with E-state index in [2.05, 4.69) is 10.3 Å². The summed E-state index contributed by atoms with van der Waals surface area (Å²) in [6, 6.07) is 20.7. The zero-order chi connectivity index (χ0) is 22.8. The van der Waals surface area contributed by atoms with Gasteiger partial charge in [-0.2, -0.15) is 0 Å². The highest BCUT2D eigenvalue weighted by Crippen LogP contribution is 2.29. The number of ether oxygens (including phenoxy) is 2. The minimum Gasteiger partial charge on any atom is -0.490 e. The topological polar surface area (TPSA) is 59.9 Å². The highest BCUT2D eigenvalue weighted by atomic mass is 35.5. The molecule has 0 saturated heterocycles. The average molecular weight is 451 g/mol. The lowest BCUT2D eigenvalue weighted by Gasteiger charge is -2.12. The number of hydrogen-bond acceptors (Lipinski definition) is 4. The van der Waals surface area contributed by atoms with Crippen molar-refractivity contribution in [2.75, 3.05) is 11.9 Å². The number of nitrogens with one attached hydrogen (secondary N) is 1. The summed E-state index contributed by atoms with van der Waals surface area (Å²) in [5.41, 5.74) is 3.48. The van der Waals surface area contributed by atoms with Gasteiger partial charge in [0.1, 0.15) is 6.61 Å². The van der Waals surface area contributed by atoms with Gasteiger partial charge in [-0.25, -0.2) is 0 Å². The van der Waals surface area contributed by atoms with E-state index in [9.17, 15) is 4.79 Å². The molecule has 3 aromatic rings. The zero-order valence-electron chi connectivity index (χ0n) is 18.3. The average Bonchev–Trinajstić information content (AvgIpc) is 2.79. The van der Waals surface area contributed by atoms with Crippen molar-refractivity contribution in [1.82, 2.24) is 0 Å². The molecule has 0 saturated carbocycles. The van der Waals surface area contributed by atoms with Crippen LogP contribution in [-0.2, 0) is 11.4 Å². The number of nitrogens with zero attached hydrogens (tertiary/aromatic N) is 1. The first-order chi connectivity index (χ1) is 15.6. The molecule has 0 radical (unpaired) electrons. The lowest BCUT2D eigenvalue weighted by molar-refractivity contribution is -0.116. The molecular weight excluding hydrogens is 424 g/mol. The van der Waals surface area contributed by atoms with Gasteiger partial charge in [-0.1, -0.05) is 30.7 Å². The molecule has 6 heteroatoms. The Hall–Kier alpha value is -3.31. The number of hydrogen-bond donors (Lipinski definition) is 1. The Labute approximate surface area is 194 Å². The van der Waals surface area contributed by atoms with Crippen LogP contribution in [0.15, 0.2) is 71.7 Å². The minimum absolute atomic E-state index is 0.0191. The first-order valence-corrected chi connectivity index (χ1v) is 11.0. The van der Waals surface area contributed by atoms with E-state index in [1.807, 2.05) is 80.6 Å². The van der Waals surface area contributed by atoms with E-state index < -0.39 is 0 Å². The van der Waals surface area contributed by atoms with Crippen molar-refractivity contribution in [3.8, 4) is 11.5 Å². The van der Waals surface area contributed by atoms with E-state index in [-0.39, 0.29) is 5.91 Å². The molecule has 5 nitrogen and oxygen atoms in total. The molecule has 1 N–H and O–H groups in total. The summed E-state index contributed by atoms with van der Waals surface area (Å²) in [7, 11) is 0. The molecule has 3 aromatic carbocycles. The van der Waals surface area contributed by atoms with Crippen LogP contribution in [0.1, 0.15) is 37.8 Å². The number of aliphatic imine (C=N–C) groups is 1. The number of carbonyl (C=O) groups excluding carboxylic acids is 1. The molecule has 0 spiro atoms. The number of amides is 1. The van der Waals surface area contributed by atoms with Gasteiger partial charge in [0.05, 0.1) is 12.3 Å². The Balaban J connectivity index is 1.65. The van der Waals surface area contributed by atoms with Gasteiger partial charge < -0.3 is 14.8 Å². The molecule has 0 atom stereocenters. The summed E-state index contributed by atoms with van der Waals surface area (Å²) in [5.74, 6) is 1.36. The Morgan fingerprint density at radius 3 is 2.41 bits per heavy atom. The van der Waals surface area contributed by atoms with Crippen molar-refractivity contribution >= 4 is 35.1 Å². The lowest BCUT2D eigenvalue weighted by Crippen LogP contribution is -2.10. The molecule has 0 heterocycles. The normalized spacial score (nSPS) is 10.8. The van der Waals surface area contributed by atoms with E-state index in [4.69, 9.17) is 21.1 Å². The SMILES string of the molecule is CCCC(=O)Nc1ccc(N=Cc2ccc(OCc3ccc(Cl)cc3)c(OCC)c2)cc1. The molecule has 0 fully saturated rings. The molecule has 0 unspecified atom stereocenters. The predicted molar refractivity (Wildman–Crippen MR) is 131 cm³/mol. The second-order valence-corrected chi connectivity index (χ2v) is 7.59. The van der Waals surface area contributed by atoms with Crippen LogP contribution in [0.25, 0.3) is 0 Å². The van der Waals surface area contributed by atoms with Crippen LogP contribution in [0.2, 0.25) is 5.02 Å². The van der Waals surface area contributed by atoms with E-state index in [1.165, 1.54) is 0 Å². The molecular formula is C26H27ClN2O3. The van der Waals surface area contributed by atoms with Gasteiger partial charge in [0.25, 0.3) is 0 Å². The second kappa shape index (κ2) is 11.9. The van der Waals surface area contributed by atoms with Gasteiger partial charge in [-0.3, -0.25) is 9.79 Å². The highest BCUT2D eigenvalue weighted by Gasteiger charge is 2.07. The molecule has 3 rings (SSSR count). The van der Waals surface area contributed by atoms with Crippen molar-refractivity contribution in [2.45, 2.75) is 33.3 Å². The standard InChI is InChI=1S/C26H27ClN2O3/c1-3-5-26(30)29-23-13-11-22(12-14-23)28-17-20-8-15-24(25(16-20)31-4-2)32-18-19-6-9-21(27)10-7-19/h6-17H,3-5,18H2,1-2H3,(H,29,30). The maximum Gasteiger partial charge on any atom is 0.224 e. The molecule has 0 aliphatic carbocycles. The summed E-state index contributed by atoms with van der Waals surface area (Å²) in [6.45, 7) is 4.87. The monoisotopic (exact) mass is 450 g/mol. The van der Waals surface area contributed by atoms with Crippen LogP contribution in [0.3, 0.4) is 0 Å². The quantitative estimate of drug-likeness (QED) is 0.345. The second-order valence-electron chi connectivity index (χ2n) is 7.16. The summed E-state index contributed by atoms with van der Waals surface area (Å²) in [6.07, 6.45) is 3.11. The molecule has 0 aliphatic rings. The fourth-order valence-corrected chi connectivity index (χ4v) is 3.09. The number of rotatable bonds is 10. The maximum atomic E-state index is 11.7. The molecule has 1 amide bonds. The van der Waals surface area contributed by atoms with Crippen LogP contribution >= 0.6 is 11.6 Å². The largest absolute Gasteiger partial charge is 0.490 e. The Bertz CT molecular complexity index is 1050. The van der Waals surface area contributed by atoms with E-state index in [0.717, 1.165) is 28.9 Å². The van der Waals surface area contributed by atoms with Gasteiger partial charge >= 0.3 is 0 Å². The Morgan fingerprint density at radius 1 is 0.969 bits per heavy atom. The van der Waals surface area contributed by atoms with Crippen LogP contribution in [-0.4, -0.2) is 18.7 Å². The smallest absolute Gasteiger partial charge is 0.224 e. The molecule has 0 aromatic heterocycles. The summed E-state index contributed by atoms with van der Waals surface area (Å²) < 4.78 is 11.7. The number of carbonyl (C=O) groups is 1. The van der Waals surface area contributed by atoms with Gasteiger partial charge in [0.2, 0.25) is 5.91 Å². The van der Waals surface area contributed by atoms with Crippen molar-refractivity contribution in [3.63, 3.8) is 0 Å². The zero-order valence-corrected chi connectivity index (χ0v) is 19.1. The minimum atomic E-state index is 0.0191. The van der Waals surface area contributed by atoms with Gasteiger partial charge in [0.15, 0.2) is 11.5 Å². The molecule has 166 valence electrons. The van der Waals surface area contributed by atoms with Crippen LogP contribution in [0, 0.1) is 0 Å². The van der Waals surface area contributed by atoms with Crippen molar-refractivity contribution in [2.24, 2.45) is 4.99 Å². The van der Waals surface area contributed by atoms with Crippen molar-refractivity contribution in [1.29, 1.82) is 0 Å². The fourth-order valence-electron chi connectivity index (χ4n) is 2.96. The van der Waals surface area contributed by atoms with Crippen LogP contribution in [0.4, 0.5) is 11.4 Å². The highest BCUT2D eigenvalue weighted by molar-refractivity contribution is 6.30. The number of anilines is 1. The van der Waals surface area contributed by atoms with Crippen LogP contribution < -0.4 is 14.8 Å². The third-order valence-electron chi connectivity index (χ3n) is 4.57. The third-order valence-corrected chi connectivity index (χ3v) is 4.82. The Morgan fingerprint density at radius 2 is 1.72 bits per heavy atom. The predicted octanol–water partition coefficient (Wildman–Crippen LogP) is 6.81. The molecule has 0 bridgehead atoms. The van der Waals surface area contributed by atoms with Crippen LogP contribution in [0.5, 0.6) is 11.5 Å². The van der Waals surface area contributed by atoms with E-state index >= 15 is 0 Å². The fraction of sp³-hybridized carbons (Fsp3) is 0.231. The third kappa shape index (κ3) is 7.13. The van der Waals surface area contributed by atoms with E-state index in [0.29, 0.717) is 36.2 Å². The van der Waals surface area contributed by atoms with E-state index in [1.54, 1.807) is 6.21 Å². The molecule has 0 aliphatic heterocycles.